The number of aromatic nitrogens is 2. The molecule has 2 fully saturated rings. The molecule has 2 saturated heterocycles. The van der Waals surface area contributed by atoms with Crippen molar-refractivity contribution in [1.29, 1.82) is 0 Å². The minimum absolute atomic E-state index is 0.00568. The Bertz CT molecular complexity index is 795. The van der Waals surface area contributed by atoms with E-state index in [1.807, 2.05) is 34.1 Å². The summed E-state index contributed by atoms with van der Waals surface area (Å²) in [5.41, 5.74) is 1.60. The van der Waals surface area contributed by atoms with E-state index >= 15 is 0 Å². The van der Waals surface area contributed by atoms with Gasteiger partial charge in [-0.05, 0) is 36.6 Å². The van der Waals surface area contributed by atoms with Crippen LogP contribution in [0.5, 0.6) is 0 Å². The standard InChI is InChI=1S/C19H21ClN4O2/c20-15-3-1-14(2-4-15)12-24-13-19(11-17(24)25)6-9-23(10-7-19)18(26)16-5-8-21-22-16/h1-5,8H,6-7,9-13H2,(H,21,22). The highest BCUT2D eigenvalue weighted by atomic mass is 35.5. The molecule has 1 aromatic heterocycles. The van der Waals surface area contributed by atoms with Crippen LogP contribution in [-0.4, -0.2) is 51.4 Å². The molecule has 2 aliphatic rings. The molecule has 0 saturated carbocycles. The SMILES string of the molecule is O=C1CC2(CCN(C(=O)c3ccn[nH]3)CC2)CN1Cc1ccc(Cl)cc1. The number of hydrogen-bond donors (Lipinski definition) is 1. The molecule has 0 atom stereocenters. The van der Waals surface area contributed by atoms with Crippen LogP contribution in [0.3, 0.4) is 0 Å². The number of H-pyrrole nitrogens is 1. The number of hydrogen-bond acceptors (Lipinski definition) is 3. The number of carbonyl (C=O) groups excluding carboxylic acids is 2. The number of aromatic amines is 1. The normalized spacial score (nSPS) is 19.3. The van der Waals surface area contributed by atoms with Crippen LogP contribution in [0, 0.1) is 5.41 Å². The molecule has 1 spiro atoms. The maximum atomic E-state index is 12.5. The molecule has 26 heavy (non-hydrogen) atoms. The van der Waals surface area contributed by atoms with Crippen LogP contribution in [0.4, 0.5) is 0 Å². The number of rotatable bonds is 3. The van der Waals surface area contributed by atoms with E-state index in [-0.39, 0.29) is 17.2 Å². The molecule has 0 radical (unpaired) electrons. The third-order valence-electron chi connectivity index (χ3n) is 5.53. The number of amides is 2. The number of likely N-dealkylation sites (tertiary alicyclic amines) is 2. The zero-order valence-electron chi connectivity index (χ0n) is 14.4. The highest BCUT2D eigenvalue weighted by Gasteiger charge is 2.45. The van der Waals surface area contributed by atoms with E-state index in [4.69, 9.17) is 11.6 Å². The minimum Gasteiger partial charge on any atom is -0.338 e. The van der Waals surface area contributed by atoms with Gasteiger partial charge in [-0.25, -0.2) is 0 Å². The van der Waals surface area contributed by atoms with Crippen molar-refractivity contribution in [2.45, 2.75) is 25.8 Å². The molecule has 0 bridgehead atoms. The number of nitrogens with one attached hydrogen (secondary N) is 1. The topological polar surface area (TPSA) is 69.3 Å². The average molecular weight is 373 g/mol. The molecule has 7 heteroatoms. The van der Waals surface area contributed by atoms with Crippen molar-refractivity contribution in [2.75, 3.05) is 19.6 Å². The first kappa shape index (κ1) is 17.1. The number of benzene rings is 1. The van der Waals surface area contributed by atoms with Gasteiger partial charge in [0.25, 0.3) is 5.91 Å². The molecule has 0 unspecified atom stereocenters. The second kappa shape index (κ2) is 6.76. The first-order chi connectivity index (χ1) is 12.5. The molecule has 1 N–H and O–H groups in total. The number of nitrogens with zero attached hydrogens (tertiary/aromatic N) is 3. The van der Waals surface area contributed by atoms with Gasteiger partial charge >= 0.3 is 0 Å². The zero-order valence-corrected chi connectivity index (χ0v) is 15.2. The van der Waals surface area contributed by atoms with Gasteiger partial charge in [0.05, 0.1) is 0 Å². The molecular formula is C19H21ClN4O2. The molecular weight excluding hydrogens is 352 g/mol. The van der Waals surface area contributed by atoms with Crippen LogP contribution in [0.1, 0.15) is 35.3 Å². The smallest absolute Gasteiger partial charge is 0.271 e. The molecule has 2 aromatic rings. The Morgan fingerprint density at radius 1 is 1.19 bits per heavy atom. The van der Waals surface area contributed by atoms with E-state index in [0.29, 0.717) is 36.8 Å². The summed E-state index contributed by atoms with van der Waals surface area (Å²) in [6.45, 7) is 2.74. The van der Waals surface area contributed by atoms with Gasteiger partial charge in [0, 0.05) is 49.2 Å². The van der Waals surface area contributed by atoms with Crippen molar-refractivity contribution in [3.8, 4) is 0 Å². The van der Waals surface area contributed by atoms with E-state index in [9.17, 15) is 9.59 Å². The van der Waals surface area contributed by atoms with Crippen LogP contribution >= 0.6 is 11.6 Å². The number of halogens is 1. The lowest BCUT2D eigenvalue weighted by Crippen LogP contribution is -2.44. The molecule has 2 aliphatic heterocycles. The lowest BCUT2D eigenvalue weighted by atomic mass is 9.77. The zero-order chi connectivity index (χ0) is 18.1. The number of carbonyl (C=O) groups is 2. The monoisotopic (exact) mass is 372 g/mol. The summed E-state index contributed by atoms with van der Waals surface area (Å²) in [6, 6.07) is 9.33. The second-order valence-corrected chi connectivity index (χ2v) is 7.75. The Morgan fingerprint density at radius 2 is 1.92 bits per heavy atom. The molecule has 0 aliphatic carbocycles. The van der Waals surface area contributed by atoms with Gasteiger partial charge in [-0.1, -0.05) is 23.7 Å². The Hall–Kier alpha value is -2.34. The minimum atomic E-state index is -0.0142. The summed E-state index contributed by atoms with van der Waals surface area (Å²) in [5.74, 6) is 0.188. The fourth-order valence-corrected chi connectivity index (χ4v) is 4.13. The van der Waals surface area contributed by atoms with E-state index in [1.165, 1.54) is 0 Å². The first-order valence-corrected chi connectivity index (χ1v) is 9.23. The van der Waals surface area contributed by atoms with Gasteiger partial charge in [-0.2, -0.15) is 5.10 Å². The fourth-order valence-electron chi connectivity index (χ4n) is 4.00. The van der Waals surface area contributed by atoms with Crippen LogP contribution in [0.2, 0.25) is 5.02 Å². The van der Waals surface area contributed by atoms with Crippen LogP contribution in [0.25, 0.3) is 0 Å². The van der Waals surface area contributed by atoms with Gasteiger partial charge in [0.1, 0.15) is 5.69 Å². The summed E-state index contributed by atoms with van der Waals surface area (Å²) >= 11 is 5.93. The van der Waals surface area contributed by atoms with Gasteiger partial charge < -0.3 is 9.80 Å². The first-order valence-electron chi connectivity index (χ1n) is 8.86. The molecule has 1 aromatic carbocycles. The van der Waals surface area contributed by atoms with Gasteiger partial charge in [0.15, 0.2) is 0 Å². The molecule has 3 heterocycles. The maximum absolute atomic E-state index is 12.5. The molecule has 136 valence electrons. The fraction of sp³-hybridized carbons (Fsp3) is 0.421. The predicted molar refractivity (Wildman–Crippen MR) is 97.6 cm³/mol. The Kier molecular flexibility index (Phi) is 4.44. The van der Waals surface area contributed by atoms with Crippen molar-refractivity contribution in [3.05, 3.63) is 52.8 Å². The van der Waals surface area contributed by atoms with Crippen LogP contribution < -0.4 is 0 Å². The predicted octanol–water partition coefficient (Wildman–Crippen LogP) is 2.72. The Morgan fingerprint density at radius 3 is 2.58 bits per heavy atom. The lowest BCUT2D eigenvalue weighted by molar-refractivity contribution is -0.128. The van der Waals surface area contributed by atoms with E-state index < -0.39 is 0 Å². The lowest BCUT2D eigenvalue weighted by Gasteiger charge is -2.38. The highest BCUT2D eigenvalue weighted by molar-refractivity contribution is 6.30. The molecule has 4 rings (SSSR count). The second-order valence-electron chi connectivity index (χ2n) is 7.32. The van der Waals surface area contributed by atoms with Gasteiger partial charge in [-0.15, -0.1) is 0 Å². The van der Waals surface area contributed by atoms with E-state index in [2.05, 4.69) is 10.2 Å². The third kappa shape index (κ3) is 3.33. The molecule has 2 amide bonds. The summed E-state index contributed by atoms with van der Waals surface area (Å²) in [4.78, 5) is 28.7. The summed E-state index contributed by atoms with van der Waals surface area (Å²) in [6.07, 6.45) is 3.88. The van der Waals surface area contributed by atoms with Gasteiger partial charge in [0.2, 0.25) is 5.91 Å². The number of piperidine rings is 1. The van der Waals surface area contributed by atoms with Crippen molar-refractivity contribution in [2.24, 2.45) is 5.41 Å². The summed E-state index contributed by atoms with van der Waals surface area (Å²) in [5, 5.41) is 7.27. The summed E-state index contributed by atoms with van der Waals surface area (Å²) < 4.78 is 0. The van der Waals surface area contributed by atoms with Crippen molar-refractivity contribution >= 4 is 23.4 Å². The average Bonchev–Trinajstić information content (AvgIpc) is 3.26. The quantitative estimate of drug-likeness (QED) is 0.900. The van der Waals surface area contributed by atoms with Crippen molar-refractivity contribution in [1.82, 2.24) is 20.0 Å². The summed E-state index contributed by atoms with van der Waals surface area (Å²) in [7, 11) is 0. The Labute approximate surface area is 157 Å². The van der Waals surface area contributed by atoms with Crippen LogP contribution in [-0.2, 0) is 11.3 Å². The van der Waals surface area contributed by atoms with Crippen molar-refractivity contribution in [3.63, 3.8) is 0 Å². The third-order valence-corrected chi connectivity index (χ3v) is 5.79. The largest absolute Gasteiger partial charge is 0.338 e. The van der Waals surface area contributed by atoms with E-state index in [0.717, 1.165) is 24.9 Å². The Balaban J connectivity index is 1.38. The highest BCUT2D eigenvalue weighted by Crippen LogP contribution is 2.41. The van der Waals surface area contributed by atoms with E-state index in [1.54, 1.807) is 12.3 Å². The van der Waals surface area contributed by atoms with Crippen molar-refractivity contribution < 1.29 is 9.59 Å². The van der Waals surface area contributed by atoms with Crippen LogP contribution in [0.15, 0.2) is 36.5 Å². The van der Waals surface area contributed by atoms with Gasteiger partial charge in [-0.3, -0.25) is 14.7 Å². The molecule has 6 nitrogen and oxygen atoms in total. The maximum Gasteiger partial charge on any atom is 0.271 e.